The SMILES string of the molecule is COc1nc(C)cnc1CN1CCCCC1. The Morgan fingerprint density at radius 1 is 1.31 bits per heavy atom. The van der Waals surface area contributed by atoms with E-state index >= 15 is 0 Å². The van der Waals surface area contributed by atoms with E-state index in [1.807, 2.05) is 13.1 Å². The van der Waals surface area contributed by atoms with Crippen molar-refractivity contribution in [2.45, 2.75) is 32.7 Å². The van der Waals surface area contributed by atoms with Crippen molar-refractivity contribution in [3.05, 3.63) is 17.6 Å². The van der Waals surface area contributed by atoms with Gasteiger partial charge in [0.05, 0.1) is 12.8 Å². The molecule has 4 nitrogen and oxygen atoms in total. The Balaban J connectivity index is 2.07. The Bertz CT molecular complexity index is 348. The highest BCUT2D eigenvalue weighted by molar-refractivity contribution is 5.19. The molecule has 0 atom stereocenters. The molecule has 2 rings (SSSR count). The zero-order valence-electron chi connectivity index (χ0n) is 10.1. The van der Waals surface area contributed by atoms with E-state index < -0.39 is 0 Å². The first-order valence-corrected chi connectivity index (χ1v) is 5.88. The molecule has 0 N–H and O–H groups in total. The van der Waals surface area contributed by atoms with Gasteiger partial charge >= 0.3 is 0 Å². The highest BCUT2D eigenvalue weighted by Crippen LogP contribution is 2.17. The Hall–Kier alpha value is -1.16. The molecular weight excluding hydrogens is 202 g/mol. The second kappa shape index (κ2) is 5.25. The fraction of sp³-hybridized carbons (Fsp3) is 0.667. The topological polar surface area (TPSA) is 38.3 Å². The fourth-order valence-electron chi connectivity index (χ4n) is 2.08. The van der Waals surface area contributed by atoms with Gasteiger partial charge in [-0.1, -0.05) is 6.42 Å². The number of hydrogen-bond donors (Lipinski definition) is 0. The van der Waals surface area contributed by atoms with Crippen molar-refractivity contribution >= 4 is 0 Å². The molecule has 0 saturated carbocycles. The van der Waals surface area contributed by atoms with Gasteiger partial charge in [0.25, 0.3) is 0 Å². The van der Waals surface area contributed by atoms with E-state index in [2.05, 4.69) is 14.9 Å². The second-order valence-corrected chi connectivity index (χ2v) is 4.30. The molecule has 1 aliphatic heterocycles. The summed E-state index contributed by atoms with van der Waals surface area (Å²) in [4.78, 5) is 11.2. The number of ether oxygens (including phenoxy) is 1. The van der Waals surface area contributed by atoms with Gasteiger partial charge < -0.3 is 4.74 Å². The van der Waals surface area contributed by atoms with Crippen LogP contribution in [0.2, 0.25) is 0 Å². The van der Waals surface area contributed by atoms with Gasteiger partial charge in [0.15, 0.2) is 0 Å². The maximum atomic E-state index is 5.27. The first kappa shape index (κ1) is 11.3. The van der Waals surface area contributed by atoms with Crippen molar-refractivity contribution in [2.24, 2.45) is 0 Å². The van der Waals surface area contributed by atoms with E-state index in [0.29, 0.717) is 5.88 Å². The molecule has 1 aromatic heterocycles. The zero-order valence-corrected chi connectivity index (χ0v) is 10.1. The van der Waals surface area contributed by atoms with Crippen LogP contribution < -0.4 is 4.74 Å². The van der Waals surface area contributed by atoms with Crippen LogP contribution in [0.15, 0.2) is 6.20 Å². The molecule has 88 valence electrons. The lowest BCUT2D eigenvalue weighted by atomic mass is 10.1. The van der Waals surface area contributed by atoms with Crippen molar-refractivity contribution in [1.82, 2.24) is 14.9 Å². The van der Waals surface area contributed by atoms with Crippen LogP contribution in [0.5, 0.6) is 5.88 Å². The molecule has 4 heteroatoms. The van der Waals surface area contributed by atoms with Gasteiger partial charge in [-0.25, -0.2) is 4.98 Å². The summed E-state index contributed by atoms with van der Waals surface area (Å²) in [7, 11) is 1.66. The summed E-state index contributed by atoms with van der Waals surface area (Å²) in [5.41, 5.74) is 1.86. The number of piperidine rings is 1. The molecule has 0 aliphatic carbocycles. The molecule has 1 saturated heterocycles. The minimum Gasteiger partial charge on any atom is -0.480 e. The summed E-state index contributed by atoms with van der Waals surface area (Å²) in [5, 5.41) is 0. The first-order valence-electron chi connectivity index (χ1n) is 5.88. The summed E-state index contributed by atoms with van der Waals surface area (Å²) in [6.45, 7) is 5.12. The highest BCUT2D eigenvalue weighted by atomic mass is 16.5. The third-order valence-electron chi connectivity index (χ3n) is 2.95. The number of rotatable bonds is 3. The average molecular weight is 221 g/mol. The molecule has 0 radical (unpaired) electrons. The quantitative estimate of drug-likeness (QED) is 0.780. The summed E-state index contributed by atoms with van der Waals surface area (Å²) >= 11 is 0. The molecule has 1 fully saturated rings. The summed E-state index contributed by atoms with van der Waals surface area (Å²) in [6, 6.07) is 0. The van der Waals surface area contributed by atoms with Crippen molar-refractivity contribution in [3.8, 4) is 5.88 Å². The molecule has 16 heavy (non-hydrogen) atoms. The van der Waals surface area contributed by atoms with E-state index in [0.717, 1.165) is 17.9 Å². The fourth-order valence-corrected chi connectivity index (χ4v) is 2.08. The van der Waals surface area contributed by atoms with Crippen LogP contribution in [-0.2, 0) is 6.54 Å². The zero-order chi connectivity index (χ0) is 11.4. The average Bonchev–Trinajstić information content (AvgIpc) is 2.33. The van der Waals surface area contributed by atoms with Gasteiger partial charge in [-0.2, -0.15) is 0 Å². The maximum absolute atomic E-state index is 5.27. The van der Waals surface area contributed by atoms with E-state index in [-0.39, 0.29) is 0 Å². The van der Waals surface area contributed by atoms with Gasteiger partial charge in [0, 0.05) is 12.7 Å². The number of aryl methyl sites for hydroxylation is 1. The number of nitrogens with zero attached hydrogens (tertiary/aromatic N) is 3. The predicted molar refractivity (Wildman–Crippen MR) is 62.4 cm³/mol. The Morgan fingerprint density at radius 2 is 2.06 bits per heavy atom. The second-order valence-electron chi connectivity index (χ2n) is 4.30. The van der Waals surface area contributed by atoms with Gasteiger partial charge in [-0.15, -0.1) is 0 Å². The van der Waals surface area contributed by atoms with Crippen molar-refractivity contribution in [3.63, 3.8) is 0 Å². The summed E-state index contributed by atoms with van der Waals surface area (Å²) in [6.07, 6.45) is 5.75. The van der Waals surface area contributed by atoms with Gasteiger partial charge in [0.1, 0.15) is 5.69 Å². The first-order chi connectivity index (χ1) is 7.79. The molecule has 1 aromatic rings. The third-order valence-corrected chi connectivity index (χ3v) is 2.95. The molecular formula is C12H19N3O. The number of likely N-dealkylation sites (tertiary alicyclic amines) is 1. The summed E-state index contributed by atoms with van der Waals surface area (Å²) < 4.78 is 5.27. The molecule has 0 unspecified atom stereocenters. The normalized spacial score (nSPS) is 17.4. The van der Waals surface area contributed by atoms with Gasteiger partial charge in [-0.05, 0) is 32.9 Å². The van der Waals surface area contributed by atoms with Gasteiger partial charge in [0.2, 0.25) is 5.88 Å². The lowest BCUT2D eigenvalue weighted by molar-refractivity contribution is 0.214. The van der Waals surface area contributed by atoms with Crippen LogP contribution >= 0.6 is 0 Å². The van der Waals surface area contributed by atoms with Crippen LogP contribution in [0.25, 0.3) is 0 Å². The molecule has 0 spiro atoms. The minimum atomic E-state index is 0.672. The van der Waals surface area contributed by atoms with Crippen LogP contribution in [0, 0.1) is 6.92 Å². The van der Waals surface area contributed by atoms with Crippen molar-refractivity contribution in [1.29, 1.82) is 0 Å². The lowest BCUT2D eigenvalue weighted by Crippen LogP contribution is -2.29. The van der Waals surface area contributed by atoms with Crippen molar-refractivity contribution < 1.29 is 4.74 Å². The van der Waals surface area contributed by atoms with E-state index in [1.54, 1.807) is 7.11 Å². The number of hydrogen-bond acceptors (Lipinski definition) is 4. The monoisotopic (exact) mass is 221 g/mol. The number of methoxy groups -OCH3 is 1. The van der Waals surface area contributed by atoms with Crippen LogP contribution in [-0.4, -0.2) is 35.1 Å². The molecule has 0 bridgehead atoms. The van der Waals surface area contributed by atoms with Crippen LogP contribution in [0.3, 0.4) is 0 Å². The van der Waals surface area contributed by atoms with Gasteiger partial charge in [-0.3, -0.25) is 9.88 Å². The predicted octanol–water partition coefficient (Wildman–Crippen LogP) is 1.78. The number of aromatic nitrogens is 2. The van der Waals surface area contributed by atoms with E-state index in [4.69, 9.17) is 4.74 Å². The minimum absolute atomic E-state index is 0.672. The Morgan fingerprint density at radius 3 is 2.75 bits per heavy atom. The highest BCUT2D eigenvalue weighted by Gasteiger charge is 2.14. The maximum Gasteiger partial charge on any atom is 0.236 e. The van der Waals surface area contributed by atoms with E-state index in [1.165, 1.54) is 32.4 Å². The smallest absolute Gasteiger partial charge is 0.236 e. The lowest BCUT2D eigenvalue weighted by Gasteiger charge is -2.26. The Kier molecular flexibility index (Phi) is 3.72. The van der Waals surface area contributed by atoms with E-state index in [9.17, 15) is 0 Å². The standard InChI is InChI=1S/C12H19N3O/c1-10-8-13-11(12(14-10)16-2)9-15-6-4-3-5-7-15/h8H,3-7,9H2,1-2H3. The van der Waals surface area contributed by atoms with Crippen LogP contribution in [0.4, 0.5) is 0 Å². The molecule has 0 aromatic carbocycles. The largest absolute Gasteiger partial charge is 0.480 e. The molecule has 1 aliphatic rings. The summed E-state index contributed by atoms with van der Waals surface area (Å²) in [5.74, 6) is 0.672. The molecule has 0 amide bonds. The third kappa shape index (κ3) is 2.70. The molecule has 2 heterocycles. The van der Waals surface area contributed by atoms with Crippen LogP contribution in [0.1, 0.15) is 30.7 Å². The van der Waals surface area contributed by atoms with Crippen molar-refractivity contribution in [2.75, 3.05) is 20.2 Å². The Labute approximate surface area is 96.7 Å².